The van der Waals surface area contributed by atoms with Crippen LogP contribution >= 0.6 is 0 Å². The lowest BCUT2D eigenvalue weighted by molar-refractivity contribution is -0.288. The zero-order valence-electron chi connectivity index (χ0n) is 11.1. The molecule has 0 unspecified atom stereocenters. The minimum Gasteiger partial charge on any atom is -0.394 e. The van der Waals surface area contributed by atoms with Crippen LogP contribution in [0.2, 0.25) is 0 Å². The van der Waals surface area contributed by atoms with Gasteiger partial charge in [0.25, 0.3) is 0 Å². The van der Waals surface area contributed by atoms with Gasteiger partial charge >= 0.3 is 0 Å². The number of azide groups is 1. The predicted molar refractivity (Wildman–Crippen MR) is 72.0 cm³/mol. The van der Waals surface area contributed by atoms with Crippen LogP contribution < -0.4 is 0 Å². The van der Waals surface area contributed by atoms with Crippen molar-refractivity contribution in [2.75, 3.05) is 6.61 Å². The van der Waals surface area contributed by atoms with Crippen molar-refractivity contribution in [3.05, 3.63) is 46.3 Å². The Labute approximate surface area is 120 Å². The molecule has 5 atom stereocenters. The van der Waals surface area contributed by atoms with Crippen LogP contribution in [0.25, 0.3) is 10.4 Å². The molecule has 2 rings (SSSR count). The van der Waals surface area contributed by atoms with Gasteiger partial charge in [-0.3, -0.25) is 0 Å². The number of benzene rings is 1. The molecule has 0 radical (unpaired) electrons. The molecule has 1 aliphatic rings. The predicted octanol–water partition coefficient (Wildman–Crippen LogP) is -0.290. The second kappa shape index (κ2) is 6.40. The molecule has 0 aliphatic carbocycles. The summed E-state index contributed by atoms with van der Waals surface area (Å²) in [6.07, 6.45) is -4.39. The topological polar surface area (TPSA) is 139 Å². The van der Waals surface area contributed by atoms with Crippen molar-refractivity contribution >= 4 is 0 Å². The number of rotatable bonds is 4. The van der Waals surface area contributed by atoms with Crippen LogP contribution in [-0.4, -0.2) is 57.2 Å². The second-order valence-electron chi connectivity index (χ2n) is 4.99. The number of nitrogens with zero attached hydrogens (tertiary/aromatic N) is 3. The Kier molecular flexibility index (Phi) is 4.79. The van der Waals surface area contributed by atoms with E-state index in [0.717, 1.165) is 0 Å². The third kappa shape index (κ3) is 3.01. The van der Waals surface area contributed by atoms with E-state index in [1.807, 2.05) is 0 Å². The van der Waals surface area contributed by atoms with Crippen molar-refractivity contribution in [3.8, 4) is 0 Å². The van der Waals surface area contributed by atoms with E-state index in [9.17, 15) is 20.4 Å². The Morgan fingerprint density at radius 3 is 2.52 bits per heavy atom. The molecule has 0 saturated carbocycles. The molecule has 4 N–H and O–H groups in total. The molecule has 114 valence electrons. The van der Waals surface area contributed by atoms with Gasteiger partial charge in [0.2, 0.25) is 0 Å². The quantitative estimate of drug-likeness (QED) is 0.343. The summed E-state index contributed by atoms with van der Waals surface area (Å²) in [6.45, 7) is -0.597. The number of hydrogen-bond acceptors (Lipinski definition) is 6. The number of aliphatic hydroxyl groups is 4. The summed E-state index contributed by atoms with van der Waals surface area (Å²) in [5, 5.41) is 43.3. The summed E-state index contributed by atoms with van der Waals surface area (Å²) < 4.78 is 5.09. The van der Waals surface area contributed by atoms with Crippen LogP contribution in [-0.2, 0) is 11.2 Å². The first kappa shape index (κ1) is 15.7. The highest BCUT2D eigenvalue weighted by molar-refractivity contribution is 5.20. The fraction of sp³-hybridized carbons (Fsp3) is 0.538. The molecule has 0 aromatic heterocycles. The van der Waals surface area contributed by atoms with Crippen molar-refractivity contribution in [1.29, 1.82) is 0 Å². The number of hydrogen-bond donors (Lipinski definition) is 4. The van der Waals surface area contributed by atoms with Gasteiger partial charge in [0.05, 0.1) is 12.7 Å². The minimum atomic E-state index is -1.88. The van der Waals surface area contributed by atoms with Gasteiger partial charge in [0.1, 0.15) is 17.7 Å². The van der Waals surface area contributed by atoms with E-state index >= 15 is 0 Å². The van der Waals surface area contributed by atoms with Gasteiger partial charge in [-0.1, -0.05) is 35.4 Å². The Hall–Kier alpha value is -1.67. The number of ether oxygens (including phenoxy) is 1. The van der Waals surface area contributed by atoms with Crippen LogP contribution in [0, 0.1) is 0 Å². The third-order valence-corrected chi connectivity index (χ3v) is 3.67. The van der Waals surface area contributed by atoms with E-state index in [1.165, 1.54) is 0 Å². The van der Waals surface area contributed by atoms with Crippen molar-refractivity contribution in [2.24, 2.45) is 5.11 Å². The molecule has 1 fully saturated rings. The zero-order valence-corrected chi connectivity index (χ0v) is 11.1. The van der Waals surface area contributed by atoms with Crippen molar-refractivity contribution in [1.82, 2.24) is 0 Å². The summed E-state index contributed by atoms with van der Waals surface area (Å²) >= 11 is 0. The van der Waals surface area contributed by atoms with Gasteiger partial charge in [-0.25, -0.2) is 0 Å². The van der Waals surface area contributed by atoms with Crippen LogP contribution in [0.15, 0.2) is 35.4 Å². The van der Waals surface area contributed by atoms with E-state index < -0.39 is 36.7 Å². The molecule has 1 aromatic rings. The fourth-order valence-corrected chi connectivity index (χ4v) is 2.53. The maximum Gasteiger partial charge on any atom is 0.166 e. The molecule has 1 aromatic carbocycles. The average Bonchev–Trinajstić information content (AvgIpc) is 2.49. The SMILES string of the molecule is [N-]=[N+]=N[C@H]1[C@@H](O)[C@@](O)(Cc2ccccc2)[C@@H](CO)O[C@@H]1O. The lowest BCUT2D eigenvalue weighted by Crippen LogP contribution is -2.67. The van der Waals surface area contributed by atoms with Gasteiger partial charge in [-0.2, -0.15) is 0 Å². The van der Waals surface area contributed by atoms with E-state index in [1.54, 1.807) is 30.3 Å². The van der Waals surface area contributed by atoms with E-state index in [4.69, 9.17) is 10.3 Å². The van der Waals surface area contributed by atoms with Crippen LogP contribution in [0.3, 0.4) is 0 Å². The molecule has 8 heteroatoms. The fourth-order valence-electron chi connectivity index (χ4n) is 2.53. The van der Waals surface area contributed by atoms with Gasteiger partial charge < -0.3 is 25.2 Å². The molecule has 0 bridgehead atoms. The van der Waals surface area contributed by atoms with Gasteiger partial charge in [-0.15, -0.1) is 0 Å². The molecular weight excluding hydrogens is 278 g/mol. The summed E-state index contributed by atoms with van der Waals surface area (Å²) in [6, 6.07) is 7.47. The lowest BCUT2D eigenvalue weighted by Gasteiger charge is -2.47. The summed E-state index contributed by atoms with van der Waals surface area (Å²) in [5.41, 5.74) is 7.31. The lowest BCUT2D eigenvalue weighted by atomic mass is 9.79. The van der Waals surface area contributed by atoms with E-state index in [-0.39, 0.29) is 6.42 Å². The molecule has 0 amide bonds. The van der Waals surface area contributed by atoms with Crippen LogP contribution in [0.4, 0.5) is 0 Å². The van der Waals surface area contributed by atoms with Gasteiger partial charge in [0.15, 0.2) is 6.29 Å². The molecule has 1 aliphatic heterocycles. The smallest absolute Gasteiger partial charge is 0.166 e. The molecule has 8 nitrogen and oxygen atoms in total. The highest BCUT2D eigenvalue weighted by Gasteiger charge is 2.54. The van der Waals surface area contributed by atoms with Crippen molar-refractivity contribution < 1.29 is 25.2 Å². The average molecular weight is 295 g/mol. The number of aliphatic hydroxyl groups excluding tert-OH is 3. The van der Waals surface area contributed by atoms with Crippen molar-refractivity contribution in [2.45, 2.75) is 36.6 Å². The zero-order chi connectivity index (χ0) is 15.5. The first-order valence-electron chi connectivity index (χ1n) is 6.46. The Morgan fingerprint density at radius 1 is 1.29 bits per heavy atom. The first-order valence-corrected chi connectivity index (χ1v) is 6.46. The molecule has 21 heavy (non-hydrogen) atoms. The van der Waals surface area contributed by atoms with Crippen LogP contribution in [0.1, 0.15) is 5.56 Å². The highest BCUT2D eigenvalue weighted by Crippen LogP contribution is 2.33. The van der Waals surface area contributed by atoms with E-state index in [0.29, 0.717) is 5.56 Å². The summed E-state index contributed by atoms with van der Waals surface area (Å²) in [7, 11) is 0. The van der Waals surface area contributed by atoms with Crippen molar-refractivity contribution in [3.63, 3.8) is 0 Å². The maximum atomic E-state index is 10.7. The van der Waals surface area contributed by atoms with Gasteiger partial charge in [-0.05, 0) is 11.1 Å². The Bertz CT molecular complexity index is 522. The third-order valence-electron chi connectivity index (χ3n) is 3.67. The van der Waals surface area contributed by atoms with Gasteiger partial charge in [0, 0.05) is 11.3 Å². The molecule has 1 saturated heterocycles. The van der Waals surface area contributed by atoms with E-state index in [2.05, 4.69) is 10.0 Å². The standard InChI is InChI=1S/C13H17N3O5/c14-16-15-10-11(18)13(20,9(7-17)21-12(10)19)6-8-4-2-1-3-5-8/h1-5,9-12,17-20H,6-7H2/t9-,10+,11-,12+,13-/m1/s1. The molecular formula is C13H17N3O5. The molecule has 0 spiro atoms. The van der Waals surface area contributed by atoms with Crippen LogP contribution in [0.5, 0.6) is 0 Å². The second-order valence-corrected chi connectivity index (χ2v) is 4.99. The first-order chi connectivity index (χ1) is 10.0. The summed E-state index contributed by atoms with van der Waals surface area (Å²) in [5.74, 6) is 0. The normalized spacial score (nSPS) is 36.0. The summed E-state index contributed by atoms with van der Waals surface area (Å²) in [4.78, 5) is 2.54. The largest absolute Gasteiger partial charge is 0.394 e. The monoisotopic (exact) mass is 295 g/mol. The Morgan fingerprint density at radius 2 is 1.95 bits per heavy atom. The maximum absolute atomic E-state index is 10.7. The Balaban J connectivity index is 2.33. The molecule has 1 heterocycles. The minimum absolute atomic E-state index is 0.0234. The highest BCUT2D eigenvalue weighted by atomic mass is 16.6.